The second kappa shape index (κ2) is 6.05. The van der Waals surface area contributed by atoms with E-state index in [1.807, 2.05) is 20.8 Å². The van der Waals surface area contributed by atoms with Gasteiger partial charge in [0.15, 0.2) is 6.04 Å². The Bertz CT molecular complexity index is 641. The highest BCUT2D eigenvalue weighted by molar-refractivity contribution is 6.02. The number of hydrogen-bond donors (Lipinski definition) is 2. The number of rotatable bonds is 2. The molecule has 1 aliphatic rings. The van der Waals surface area contributed by atoms with Gasteiger partial charge in [-0.25, -0.2) is 4.99 Å². The first-order chi connectivity index (χ1) is 10.3. The van der Waals surface area contributed by atoms with Crippen LogP contribution in [0, 0.1) is 5.41 Å². The highest BCUT2D eigenvalue weighted by Crippen LogP contribution is 2.25. The summed E-state index contributed by atoms with van der Waals surface area (Å²) in [6, 6.07) is 6.36. The van der Waals surface area contributed by atoms with E-state index in [4.69, 9.17) is 0 Å². The van der Waals surface area contributed by atoms with Gasteiger partial charge in [0, 0.05) is 12.6 Å². The second-order valence-corrected chi connectivity index (χ2v) is 6.14. The van der Waals surface area contributed by atoms with E-state index in [-0.39, 0.29) is 23.2 Å². The number of azo groups is 1. The van der Waals surface area contributed by atoms with Crippen molar-refractivity contribution in [2.75, 3.05) is 5.32 Å². The van der Waals surface area contributed by atoms with Crippen LogP contribution in [0.1, 0.15) is 27.7 Å². The summed E-state index contributed by atoms with van der Waals surface area (Å²) in [7, 11) is 0. The number of amides is 2. The normalized spacial score (nSPS) is 19.9. The van der Waals surface area contributed by atoms with Gasteiger partial charge >= 0.3 is 0 Å². The molecule has 0 radical (unpaired) electrons. The maximum absolute atomic E-state index is 12.0. The lowest BCUT2D eigenvalue weighted by molar-refractivity contribution is -0.123. The third-order valence-electron chi connectivity index (χ3n) is 2.99. The molecule has 0 bridgehead atoms. The fourth-order valence-electron chi connectivity index (χ4n) is 1.93. The Morgan fingerprint density at radius 3 is 2.41 bits per heavy atom. The zero-order valence-corrected chi connectivity index (χ0v) is 13.0. The Morgan fingerprint density at radius 1 is 1.27 bits per heavy atom. The van der Waals surface area contributed by atoms with Crippen molar-refractivity contribution in [1.29, 1.82) is 0 Å². The zero-order valence-electron chi connectivity index (χ0n) is 13.0. The lowest BCUT2D eigenvalue weighted by atomic mass is 9.86. The van der Waals surface area contributed by atoms with Crippen molar-refractivity contribution >= 4 is 29.1 Å². The molecule has 22 heavy (non-hydrogen) atoms. The minimum atomic E-state index is -0.520. The topological polar surface area (TPSA) is 95.3 Å². The second-order valence-electron chi connectivity index (χ2n) is 6.14. The zero-order chi connectivity index (χ0) is 16.3. The molecule has 1 aliphatic heterocycles. The van der Waals surface area contributed by atoms with Crippen LogP contribution in [-0.4, -0.2) is 23.8 Å². The summed E-state index contributed by atoms with van der Waals surface area (Å²) in [5.41, 5.74) is 0.996. The third kappa shape index (κ3) is 3.97. The predicted molar refractivity (Wildman–Crippen MR) is 84.1 cm³/mol. The first-order valence-electron chi connectivity index (χ1n) is 6.94. The van der Waals surface area contributed by atoms with Crippen LogP contribution in [0.3, 0.4) is 0 Å². The molecule has 0 spiro atoms. The summed E-state index contributed by atoms with van der Waals surface area (Å²) >= 11 is 0. The summed E-state index contributed by atoms with van der Waals surface area (Å²) in [6.07, 6.45) is 0. The number of nitrogens with one attached hydrogen (secondary N) is 2. The minimum absolute atomic E-state index is 0.138. The summed E-state index contributed by atoms with van der Waals surface area (Å²) < 4.78 is 0. The lowest BCUT2D eigenvalue weighted by Gasteiger charge is -2.27. The molecule has 2 amide bonds. The molecule has 2 rings (SSSR count). The Balaban J connectivity index is 2.14. The third-order valence-corrected chi connectivity index (χ3v) is 2.99. The molecule has 1 aromatic rings. The molecular weight excluding hydrogens is 282 g/mol. The molecular formula is C15H19N5O2. The fourth-order valence-corrected chi connectivity index (χ4v) is 1.93. The Kier molecular flexibility index (Phi) is 4.35. The highest BCUT2D eigenvalue weighted by atomic mass is 16.2. The van der Waals surface area contributed by atoms with Crippen molar-refractivity contribution in [3.63, 3.8) is 0 Å². The molecule has 1 heterocycles. The molecule has 1 aromatic carbocycles. The summed E-state index contributed by atoms with van der Waals surface area (Å²) in [5.74, 6) is -0.186. The number of carbonyl (C=O) groups is 2. The summed E-state index contributed by atoms with van der Waals surface area (Å²) in [6.45, 7) is 7.23. The molecule has 7 nitrogen and oxygen atoms in total. The monoisotopic (exact) mass is 301 g/mol. The molecule has 1 unspecified atom stereocenters. The molecule has 0 fully saturated rings. The summed E-state index contributed by atoms with van der Waals surface area (Å²) in [5, 5.41) is 13.3. The number of aliphatic imine (C=N–C) groups is 1. The van der Waals surface area contributed by atoms with Crippen molar-refractivity contribution in [2.45, 2.75) is 33.7 Å². The Morgan fingerprint density at radius 2 is 1.91 bits per heavy atom. The van der Waals surface area contributed by atoms with Gasteiger partial charge < -0.3 is 5.32 Å². The molecule has 0 saturated carbocycles. The van der Waals surface area contributed by atoms with Crippen LogP contribution in [0.5, 0.6) is 0 Å². The van der Waals surface area contributed by atoms with Crippen LogP contribution < -0.4 is 10.6 Å². The van der Waals surface area contributed by atoms with Crippen LogP contribution in [-0.2, 0) is 9.59 Å². The largest absolute Gasteiger partial charge is 0.326 e. The molecule has 1 atom stereocenters. The quantitative estimate of drug-likeness (QED) is 0.878. The van der Waals surface area contributed by atoms with Crippen LogP contribution in [0.15, 0.2) is 39.5 Å². The van der Waals surface area contributed by atoms with E-state index >= 15 is 0 Å². The number of benzene rings is 1. The van der Waals surface area contributed by atoms with Gasteiger partial charge in [-0.05, 0) is 29.7 Å². The van der Waals surface area contributed by atoms with Crippen LogP contribution in [0.25, 0.3) is 0 Å². The van der Waals surface area contributed by atoms with Crippen LogP contribution in [0.2, 0.25) is 0 Å². The smallest absolute Gasteiger partial charge is 0.254 e. The average Bonchev–Trinajstić information content (AvgIpc) is 2.39. The van der Waals surface area contributed by atoms with Gasteiger partial charge in [0.25, 0.3) is 5.91 Å². The number of hydrogen-bond acceptors (Lipinski definition) is 4. The fraction of sp³-hybridized carbons (Fsp3) is 0.400. The molecule has 116 valence electrons. The number of guanidine groups is 1. The van der Waals surface area contributed by atoms with Crippen molar-refractivity contribution in [2.24, 2.45) is 20.6 Å². The van der Waals surface area contributed by atoms with E-state index in [1.165, 1.54) is 6.92 Å². The molecule has 7 heteroatoms. The van der Waals surface area contributed by atoms with Crippen LogP contribution >= 0.6 is 0 Å². The van der Waals surface area contributed by atoms with Crippen LogP contribution in [0.4, 0.5) is 11.4 Å². The van der Waals surface area contributed by atoms with E-state index < -0.39 is 6.04 Å². The molecule has 2 N–H and O–H groups in total. The first-order valence-corrected chi connectivity index (χ1v) is 6.94. The van der Waals surface area contributed by atoms with Gasteiger partial charge in [-0.2, -0.15) is 5.11 Å². The Hall–Kier alpha value is -2.57. The van der Waals surface area contributed by atoms with Crippen molar-refractivity contribution in [1.82, 2.24) is 5.32 Å². The summed E-state index contributed by atoms with van der Waals surface area (Å²) in [4.78, 5) is 27.2. The number of carbonyl (C=O) groups excluding carboxylic acids is 2. The van der Waals surface area contributed by atoms with Gasteiger partial charge in [-0.15, -0.1) is 5.11 Å². The minimum Gasteiger partial charge on any atom is -0.326 e. The van der Waals surface area contributed by atoms with Crippen molar-refractivity contribution in [3.8, 4) is 0 Å². The van der Waals surface area contributed by atoms with E-state index in [2.05, 4.69) is 25.9 Å². The van der Waals surface area contributed by atoms with Crippen molar-refractivity contribution in [3.05, 3.63) is 24.3 Å². The van der Waals surface area contributed by atoms with Gasteiger partial charge in [0.05, 0.1) is 5.69 Å². The number of anilines is 1. The highest BCUT2D eigenvalue weighted by Gasteiger charge is 2.34. The Labute approximate surface area is 128 Å². The van der Waals surface area contributed by atoms with Gasteiger partial charge in [-0.3, -0.25) is 14.9 Å². The van der Waals surface area contributed by atoms with Gasteiger partial charge in [-0.1, -0.05) is 20.8 Å². The standard InChI is InChI=1S/C15H19N5O2/c1-9(21)16-10-5-7-11(8-6-10)17-14-18-13(22)12(19-20-14)15(2,3)4/h5-8,12H,1-4H3,(H,16,21)(H,17,18,22). The van der Waals surface area contributed by atoms with Crippen molar-refractivity contribution < 1.29 is 9.59 Å². The SMILES string of the molecule is CC(=O)Nc1ccc(N=C2N=NC(C(C)(C)C)C(=O)N2)cc1. The molecule has 0 saturated heterocycles. The number of nitrogens with zero attached hydrogens (tertiary/aromatic N) is 3. The lowest BCUT2D eigenvalue weighted by Crippen LogP contribution is -2.46. The van der Waals surface area contributed by atoms with E-state index in [1.54, 1.807) is 24.3 Å². The first kappa shape index (κ1) is 15.8. The maximum Gasteiger partial charge on any atom is 0.254 e. The van der Waals surface area contributed by atoms with Gasteiger partial charge in [0.1, 0.15) is 0 Å². The van der Waals surface area contributed by atoms with E-state index in [0.29, 0.717) is 11.4 Å². The maximum atomic E-state index is 12.0. The predicted octanol–water partition coefficient (Wildman–Crippen LogP) is 2.63. The van der Waals surface area contributed by atoms with E-state index in [9.17, 15) is 9.59 Å². The molecule has 0 aromatic heterocycles. The average molecular weight is 301 g/mol. The van der Waals surface area contributed by atoms with E-state index in [0.717, 1.165) is 0 Å². The molecule has 0 aliphatic carbocycles. The van der Waals surface area contributed by atoms with Gasteiger partial charge in [0.2, 0.25) is 11.9 Å².